The number of nitrogens with zero attached hydrogens (tertiary/aromatic N) is 2. The quantitative estimate of drug-likeness (QED) is 0.895. The van der Waals surface area contributed by atoms with Crippen molar-refractivity contribution in [1.82, 2.24) is 9.55 Å². The van der Waals surface area contributed by atoms with Crippen LogP contribution in [0.1, 0.15) is 37.3 Å². The molecule has 4 heteroatoms. The molecule has 0 aliphatic heterocycles. The van der Waals surface area contributed by atoms with Crippen molar-refractivity contribution in [1.29, 1.82) is 0 Å². The molecule has 2 aromatic rings. The number of aromatic nitrogens is 2. The molecule has 3 rings (SSSR count). The van der Waals surface area contributed by atoms with Crippen LogP contribution < -0.4 is 5.32 Å². The Morgan fingerprint density at radius 3 is 2.89 bits per heavy atom. The number of aryl methyl sites for hydroxylation is 1. The Morgan fingerprint density at radius 2 is 2.11 bits per heavy atom. The van der Waals surface area contributed by atoms with E-state index in [4.69, 9.17) is 0 Å². The van der Waals surface area contributed by atoms with Crippen LogP contribution in [0.3, 0.4) is 0 Å². The lowest BCUT2D eigenvalue weighted by atomic mass is 10.2. The highest BCUT2D eigenvalue weighted by atomic mass is 19.1. The Balaban J connectivity index is 1.87. The molecular formula is C15H18FN3. The van der Waals surface area contributed by atoms with E-state index in [1.165, 1.54) is 31.7 Å². The first-order valence-corrected chi connectivity index (χ1v) is 6.80. The van der Waals surface area contributed by atoms with Crippen molar-refractivity contribution in [2.45, 2.75) is 38.6 Å². The summed E-state index contributed by atoms with van der Waals surface area (Å²) in [5, 5.41) is 3.12. The SMILES string of the molecule is Cc1ccc(F)c(Nc2nccn2C2CCCC2)c1. The zero-order valence-electron chi connectivity index (χ0n) is 11.1. The fourth-order valence-electron chi connectivity index (χ4n) is 2.74. The molecule has 0 radical (unpaired) electrons. The summed E-state index contributed by atoms with van der Waals surface area (Å²) in [5.74, 6) is 0.489. The van der Waals surface area contributed by atoms with Gasteiger partial charge in [-0.25, -0.2) is 9.37 Å². The fourth-order valence-corrected chi connectivity index (χ4v) is 2.74. The van der Waals surface area contributed by atoms with Gasteiger partial charge < -0.3 is 9.88 Å². The van der Waals surface area contributed by atoms with E-state index in [1.54, 1.807) is 12.3 Å². The van der Waals surface area contributed by atoms with E-state index in [0.717, 1.165) is 11.5 Å². The van der Waals surface area contributed by atoms with Crippen LogP contribution in [0.5, 0.6) is 0 Å². The molecule has 1 aromatic heterocycles. The molecule has 1 aromatic carbocycles. The summed E-state index contributed by atoms with van der Waals surface area (Å²) in [5.41, 5.74) is 1.52. The molecular weight excluding hydrogens is 241 g/mol. The molecule has 1 N–H and O–H groups in total. The zero-order valence-corrected chi connectivity index (χ0v) is 11.1. The van der Waals surface area contributed by atoms with Crippen LogP contribution >= 0.6 is 0 Å². The molecule has 0 amide bonds. The van der Waals surface area contributed by atoms with Crippen LogP contribution in [0.4, 0.5) is 16.0 Å². The molecule has 0 bridgehead atoms. The number of rotatable bonds is 3. The first kappa shape index (κ1) is 12.2. The van der Waals surface area contributed by atoms with Gasteiger partial charge >= 0.3 is 0 Å². The van der Waals surface area contributed by atoms with Gasteiger partial charge in [0.1, 0.15) is 5.82 Å². The van der Waals surface area contributed by atoms with Gasteiger partial charge in [0.15, 0.2) is 0 Å². The maximum atomic E-state index is 13.8. The van der Waals surface area contributed by atoms with Crippen LogP contribution in [0.15, 0.2) is 30.6 Å². The number of hydrogen-bond acceptors (Lipinski definition) is 2. The molecule has 0 saturated heterocycles. The van der Waals surface area contributed by atoms with Crippen LogP contribution in [0.25, 0.3) is 0 Å². The smallest absolute Gasteiger partial charge is 0.207 e. The molecule has 0 spiro atoms. The van der Waals surface area contributed by atoms with Gasteiger partial charge in [-0.3, -0.25) is 0 Å². The second-order valence-electron chi connectivity index (χ2n) is 5.20. The Bertz CT molecular complexity index is 571. The second-order valence-corrected chi connectivity index (χ2v) is 5.20. The van der Waals surface area contributed by atoms with Crippen molar-refractivity contribution in [3.05, 3.63) is 42.0 Å². The lowest BCUT2D eigenvalue weighted by molar-refractivity contribution is 0.524. The summed E-state index contributed by atoms with van der Waals surface area (Å²) in [6, 6.07) is 5.56. The van der Waals surface area contributed by atoms with E-state index in [9.17, 15) is 4.39 Å². The maximum Gasteiger partial charge on any atom is 0.207 e. The standard InChI is InChI=1S/C15H18FN3/c1-11-6-7-13(16)14(10-11)18-15-17-8-9-19(15)12-4-2-3-5-12/h6-10,12H,2-5H2,1H3,(H,17,18). The number of halogens is 1. The normalized spacial score (nSPS) is 15.9. The molecule has 1 heterocycles. The zero-order chi connectivity index (χ0) is 13.2. The first-order valence-electron chi connectivity index (χ1n) is 6.80. The molecule has 0 unspecified atom stereocenters. The van der Waals surface area contributed by atoms with Crippen molar-refractivity contribution in [3.63, 3.8) is 0 Å². The van der Waals surface area contributed by atoms with Gasteiger partial charge in [-0.15, -0.1) is 0 Å². The summed E-state index contributed by atoms with van der Waals surface area (Å²) in [6.07, 6.45) is 8.64. The number of benzene rings is 1. The lowest BCUT2D eigenvalue weighted by Gasteiger charge is -2.16. The van der Waals surface area contributed by atoms with E-state index in [0.29, 0.717) is 11.7 Å². The molecule has 3 nitrogen and oxygen atoms in total. The van der Waals surface area contributed by atoms with Gasteiger partial charge in [0, 0.05) is 18.4 Å². The molecule has 1 aliphatic rings. The molecule has 100 valence electrons. The highest BCUT2D eigenvalue weighted by molar-refractivity contribution is 5.55. The van der Waals surface area contributed by atoms with E-state index in [2.05, 4.69) is 14.9 Å². The summed E-state index contributed by atoms with van der Waals surface area (Å²) >= 11 is 0. The number of nitrogens with one attached hydrogen (secondary N) is 1. The largest absolute Gasteiger partial charge is 0.323 e. The monoisotopic (exact) mass is 259 g/mol. The fraction of sp³-hybridized carbons (Fsp3) is 0.400. The minimum Gasteiger partial charge on any atom is -0.323 e. The van der Waals surface area contributed by atoms with Gasteiger partial charge in [-0.05, 0) is 37.5 Å². The van der Waals surface area contributed by atoms with Crippen LogP contribution in [0.2, 0.25) is 0 Å². The van der Waals surface area contributed by atoms with E-state index in [1.807, 2.05) is 19.2 Å². The predicted molar refractivity (Wildman–Crippen MR) is 74.2 cm³/mol. The average Bonchev–Trinajstić information content (AvgIpc) is 3.03. The summed E-state index contributed by atoms with van der Waals surface area (Å²) in [4.78, 5) is 4.31. The lowest BCUT2D eigenvalue weighted by Crippen LogP contribution is -2.08. The molecule has 1 saturated carbocycles. The van der Waals surface area contributed by atoms with Gasteiger partial charge in [-0.2, -0.15) is 0 Å². The summed E-state index contributed by atoms with van der Waals surface area (Å²) < 4.78 is 15.9. The first-order chi connectivity index (χ1) is 9.24. The third kappa shape index (κ3) is 2.48. The molecule has 19 heavy (non-hydrogen) atoms. The Kier molecular flexibility index (Phi) is 3.23. The highest BCUT2D eigenvalue weighted by Gasteiger charge is 2.19. The summed E-state index contributed by atoms with van der Waals surface area (Å²) in [6.45, 7) is 1.95. The topological polar surface area (TPSA) is 29.9 Å². The average molecular weight is 259 g/mol. The molecule has 1 fully saturated rings. The number of hydrogen-bond donors (Lipinski definition) is 1. The van der Waals surface area contributed by atoms with Gasteiger partial charge in [-0.1, -0.05) is 18.9 Å². The minimum absolute atomic E-state index is 0.244. The third-order valence-corrected chi connectivity index (χ3v) is 3.76. The second kappa shape index (κ2) is 5.03. The third-order valence-electron chi connectivity index (χ3n) is 3.76. The van der Waals surface area contributed by atoms with Gasteiger partial charge in [0.25, 0.3) is 0 Å². The Morgan fingerprint density at radius 1 is 1.32 bits per heavy atom. The Hall–Kier alpha value is -1.84. The van der Waals surface area contributed by atoms with E-state index in [-0.39, 0.29) is 5.82 Å². The molecule has 1 aliphatic carbocycles. The number of imidazole rings is 1. The maximum absolute atomic E-state index is 13.8. The Labute approximate surface area is 112 Å². The van der Waals surface area contributed by atoms with Crippen molar-refractivity contribution in [2.24, 2.45) is 0 Å². The van der Waals surface area contributed by atoms with Crippen LogP contribution in [0, 0.1) is 12.7 Å². The highest BCUT2D eigenvalue weighted by Crippen LogP contribution is 2.32. The van der Waals surface area contributed by atoms with Crippen LogP contribution in [-0.2, 0) is 0 Å². The van der Waals surface area contributed by atoms with Crippen molar-refractivity contribution >= 4 is 11.6 Å². The van der Waals surface area contributed by atoms with Crippen molar-refractivity contribution in [3.8, 4) is 0 Å². The van der Waals surface area contributed by atoms with Crippen LogP contribution in [-0.4, -0.2) is 9.55 Å². The van der Waals surface area contributed by atoms with Gasteiger partial charge in [0.05, 0.1) is 5.69 Å². The van der Waals surface area contributed by atoms with Gasteiger partial charge in [0.2, 0.25) is 5.95 Å². The minimum atomic E-state index is -0.244. The summed E-state index contributed by atoms with van der Waals surface area (Å²) in [7, 11) is 0. The molecule has 0 atom stereocenters. The van der Waals surface area contributed by atoms with E-state index >= 15 is 0 Å². The number of anilines is 2. The van der Waals surface area contributed by atoms with Crippen molar-refractivity contribution in [2.75, 3.05) is 5.32 Å². The predicted octanol–water partition coefficient (Wildman–Crippen LogP) is 4.19. The van der Waals surface area contributed by atoms with E-state index < -0.39 is 0 Å². The van der Waals surface area contributed by atoms with Crippen molar-refractivity contribution < 1.29 is 4.39 Å².